The Morgan fingerprint density at radius 2 is 1.62 bits per heavy atom. The summed E-state index contributed by atoms with van der Waals surface area (Å²) in [5, 5.41) is 0. The molecule has 4 nitrogen and oxygen atoms in total. The molecule has 1 rings (SSSR count). The largest absolute Gasteiger partial charge is 0.478 e. The van der Waals surface area contributed by atoms with Gasteiger partial charge in [-0.2, -0.15) is 26.3 Å². The van der Waals surface area contributed by atoms with E-state index in [1.54, 1.807) is 12.2 Å². The lowest BCUT2D eigenvalue weighted by atomic mass is 10.1. The van der Waals surface area contributed by atoms with E-state index in [1.165, 1.54) is 6.08 Å². The maximum Gasteiger partial charge on any atom is 0.433 e. The fraction of sp³-hybridized carbons (Fsp3) is 0.474. The number of amides is 1. The van der Waals surface area contributed by atoms with Crippen LogP contribution in [0.2, 0.25) is 0 Å². The number of carbonyl (C=O) groups excluding carboxylic acids is 1. The molecule has 162 valence electrons. The van der Waals surface area contributed by atoms with Crippen LogP contribution < -0.4 is 10.5 Å². The molecule has 29 heavy (non-hydrogen) atoms. The summed E-state index contributed by atoms with van der Waals surface area (Å²) in [6.07, 6.45) is 1.15. The number of pyridine rings is 1. The zero-order valence-electron chi connectivity index (χ0n) is 15.5. The van der Waals surface area contributed by atoms with Crippen molar-refractivity contribution < 1.29 is 35.9 Å². The van der Waals surface area contributed by atoms with Crippen molar-refractivity contribution in [2.45, 2.75) is 50.9 Å². The topological polar surface area (TPSA) is 65.2 Å². The lowest BCUT2D eigenvalue weighted by molar-refractivity contribution is -0.146. The van der Waals surface area contributed by atoms with Crippen LogP contribution in [0.15, 0.2) is 36.4 Å². The fourth-order valence-electron chi connectivity index (χ4n) is 2.28. The van der Waals surface area contributed by atoms with Gasteiger partial charge in [0.25, 0.3) is 0 Å². The molecule has 0 radical (unpaired) electrons. The molecular weight excluding hydrogens is 402 g/mol. The van der Waals surface area contributed by atoms with Crippen LogP contribution in [0, 0.1) is 0 Å². The average Bonchev–Trinajstić information content (AvgIpc) is 2.60. The highest BCUT2D eigenvalue weighted by atomic mass is 19.4. The van der Waals surface area contributed by atoms with Crippen LogP contribution in [0.3, 0.4) is 0 Å². The van der Waals surface area contributed by atoms with Crippen LogP contribution in [0.4, 0.5) is 26.3 Å². The number of hydrogen-bond donors (Lipinski definition) is 1. The molecule has 0 fully saturated rings. The van der Waals surface area contributed by atoms with Gasteiger partial charge in [-0.25, -0.2) is 4.98 Å². The molecule has 10 heteroatoms. The zero-order chi connectivity index (χ0) is 21.9. The molecule has 0 spiro atoms. The quantitative estimate of drug-likeness (QED) is 0.223. The van der Waals surface area contributed by atoms with Crippen molar-refractivity contribution in [3.8, 4) is 5.88 Å². The second-order valence-corrected chi connectivity index (χ2v) is 6.17. The van der Waals surface area contributed by atoms with Crippen LogP contribution in [0.1, 0.15) is 49.8 Å². The maximum absolute atomic E-state index is 12.8. The molecule has 0 aliphatic carbocycles. The third kappa shape index (κ3) is 10.6. The Bertz CT molecular complexity index is 679. The lowest BCUT2D eigenvalue weighted by Crippen LogP contribution is -2.14. The zero-order valence-corrected chi connectivity index (χ0v) is 15.5. The lowest BCUT2D eigenvalue weighted by Gasteiger charge is -2.13. The fourth-order valence-corrected chi connectivity index (χ4v) is 2.28. The minimum absolute atomic E-state index is 0.0244. The molecule has 0 aliphatic rings. The molecule has 0 aliphatic heterocycles. The molecule has 0 saturated carbocycles. The first-order valence-corrected chi connectivity index (χ1v) is 8.92. The maximum atomic E-state index is 12.8. The van der Waals surface area contributed by atoms with Crippen molar-refractivity contribution in [3.63, 3.8) is 0 Å². The summed E-state index contributed by atoms with van der Waals surface area (Å²) >= 11 is 0. The second kappa shape index (κ2) is 11.5. The molecule has 0 unspecified atom stereocenters. The van der Waals surface area contributed by atoms with Crippen molar-refractivity contribution >= 4 is 5.91 Å². The van der Waals surface area contributed by atoms with Gasteiger partial charge in [0, 0.05) is 12.1 Å². The summed E-state index contributed by atoms with van der Waals surface area (Å²) in [5.74, 6) is -1.21. The first-order chi connectivity index (χ1) is 13.5. The Morgan fingerprint density at radius 1 is 0.966 bits per heavy atom. The Balaban J connectivity index is 2.35. The molecule has 0 saturated heterocycles. The van der Waals surface area contributed by atoms with Crippen molar-refractivity contribution in [1.29, 1.82) is 0 Å². The van der Waals surface area contributed by atoms with E-state index in [2.05, 4.69) is 4.98 Å². The van der Waals surface area contributed by atoms with Crippen LogP contribution >= 0.6 is 0 Å². The van der Waals surface area contributed by atoms with Crippen LogP contribution in [0.25, 0.3) is 0 Å². The summed E-state index contributed by atoms with van der Waals surface area (Å²) in [7, 11) is 0. The summed E-state index contributed by atoms with van der Waals surface area (Å²) < 4.78 is 81.4. The van der Waals surface area contributed by atoms with Crippen LogP contribution in [-0.4, -0.2) is 17.5 Å². The van der Waals surface area contributed by atoms with E-state index in [0.29, 0.717) is 12.5 Å². The van der Waals surface area contributed by atoms with E-state index in [4.69, 9.17) is 10.5 Å². The predicted octanol–water partition coefficient (Wildman–Crippen LogP) is 5.44. The van der Waals surface area contributed by atoms with Gasteiger partial charge < -0.3 is 10.5 Å². The SMILES string of the molecule is NC(=O)C=CC=CCCCCCCCOc1cc(C(F)(F)F)cc(C(F)(F)F)n1. The van der Waals surface area contributed by atoms with Crippen molar-refractivity contribution in [1.82, 2.24) is 4.98 Å². The van der Waals surface area contributed by atoms with Gasteiger partial charge in [0.1, 0.15) is 5.69 Å². The number of hydrogen-bond acceptors (Lipinski definition) is 3. The molecule has 0 bridgehead atoms. The van der Waals surface area contributed by atoms with Gasteiger partial charge in [0.15, 0.2) is 0 Å². The second-order valence-electron chi connectivity index (χ2n) is 6.17. The number of nitrogens with zero attached hydrogens (tertiary/aromatic N) is 1. The highest BCUT2D eigenvalue weighted by Crippen LogP contribution is 2.36. The molecular formula is C19H22F6N2O2. The molecule has 1 aromatic heterocycles. The van der Waals surface area contributed by atoms with Crippen molar-refractivity contribution in [2.75, 3.05) is 6.61 Å². The van der Waals surface area contributed by atoms with E-state index in [-0.39, 0.29) is 12.7 Å². The Morgan fingerprint density at radius 3 is 2.24 bits per heavy atom. The molecule has 1 aromatic rings. The Labute approximate surface area is 164 Å². The number of carbonyl (C=O) groups is 1. The Kier molecular flexibility index (Phi) is 9.70. The van der Waals surface area contributed by atoms with Gasteiger partial charge in [-0.15, -0.1) is 0 Å². The number of nitrogens with two attached hydrogens (primary N) is 1. The molecule has 2 N–H and O–H groups in total. The normalized spacial score (nSPS) is 12.8. The Hall–Kier alpha value is -2.52. The highest BCUT2D eigenvalue weighted by Gasteiger charge is 2.38. The van der Waals surface area contributed by atoms with Crippen molar-refractivity contribution in [2.24, 2.45) is 5.73 Å². The first-order valence-electron chi connectivity index (χ1n) is 8.92. The van der Waals surface area contributed by atoms with E-state index < -0.39 is 35.4 Å². The van der Waals surface area contributed by atoms with Gasteiger partial charge in [0.05, 0.1) is 12.2 Å². The summed E-state index contributed by atoms with van der Waals surface area (Å²) in [5.41, 5.74) is 1.84. The summed E-state index contributed by atoms with van der Waals surface area (Å²) in [6.45, 7) is -0.0244. The van der Waals surface area contributed by atoms with E-state index >= 15 is 0 Å². The number of primary amides is 1. The number of allylic oxidation sites excluding steroid dienone is 3. The van der Waals surface area contributed by atoms with Gasteiger partial charge in [0.2, 0.25) is 11.8 Å². The third-order valence-corrected chi connectivity index (χ3v) is 3.69. The van der Waals surface area contributed by atoms with Gasteiger partial charge in [-0.1, -0.05) is 37.5 Å². The average molecular weight is 424 g/mol. The standard InChI is InChI=1S/C19H22F6N2O2/c20-18(21,22)14-12-15(19(23,24)25)27-17(13-14)29-11-9-7-5-3-1-2-4-6-8-10-16(26)28/h4,6,8,10,12-13H,1-3,5,7,9,11H2,(H2,26,28). The molecule has 0 atom stereocenters. The van der Waals surface area contributed by atoms with Gasteiger partial charge in [-0.05, 0) is 25.3 Å². The number of alkyl halides is 6. The minimum Gasteiger partial charge on any atom is -0.478 e. The molecule has 1 heterocycles. The van der Waals surface area contributed by atoms with Crippen LogP contribution in [0.5, 0.6) is 5.88 Å². The summed E-state index contributed by atoms with van der Waals surface area (Å²) in [6, 6.07) is 0.430. The molecule has 0 aromatic carbocycles. The minimum atomic E-state index is -5.00. The summed E-state index contributed by atoms with van der Waals surface area (Å²) in [4.78, 5) is 13.6. The van der Waals surface area contributed by atoms with Crippen LogP contribution in [-0.2, 0) is 17.1 Å². The number of ether oxygens (including phenoxy) is 1. The van der Waals surface area contributed by atoms with Crippen molar-refractivity contribution in [3.05, 3.63) is 47.7 Å². The highest BCUT2D eigenvalue weighted by molar-refractivity contribution is 5.85. The molecule has 1 amide bonds. The number of aromatic nitrogens is 1. The van der Waals surface area contributed by atoms with Gasteiger partial charge in [-0.3, -0.25) is 4.79 Å². The monoisotopic (exact) mass is 424 g/mol. The first kappa shape index (κ1) is 24.5. The number of unbranched alkanes of at least 4 members (excludes halogenated alkanes) is 5. The predicted molar refractivity (Wildman–Crippen MR) is 94.9 cm³/mol. The smallest absolute Gasteiger partial charge is 0.433 e. The number of halogens is 6. The van der Waals surface area contributed by atoms with E-state index in [1.807, 2.05) is 6.08 Å². The number of rotatable bonds is 11. The van der Waals surface area contributed by atoms with E-state index in [0.717, 1.165) is 32.1 Å². The third-order valence-electron chi connectivity index (χ3n) is 3.69. The van der Waals surface area contributed by atoms with E-state index in [9.17, 15) is 31.1 Å². The van der Waals surface area contributed by atoms with Gasteiger partial charge >= 0.3 is 12.4 Å².